The first-order valence-electron chi connectivity index (χ1n) is 7.39. The molecule has 1 aliphatic heterocycles. The second-order valence-electron chi connectivity index (χ2n) is 5.85. The van der Waals surface area contributed by atoms with Crippen LogP contribution in [0.1, 0.15) is 51.9 Å². The molecule has 100 valence electrons. The maximum atomic E-state index is 9.75. The maximum Gasteiger partial charge on any atom is 0.0614 e. The standard InChI is InChI=1S/C14H28N2O/c1-2-16-10-8-14(12-17,9-11-16)15-13-6-4-3-5-7-13/h13,15,17H,2-12H2,1H3. The Balaban J connectivity index is 1.86. The summed E-state index contributed by atoms with van der Waals surface area (Å²) in [6.07, 6.45) is 8.94. The van der Waals surface area contributed by atoms with Crippen LogP contribution >= 0.6 is 0 Å². The molecule has 2 N–H and O–H groups in total. The van der Waals surface area contributed by atoms with Gasteiger partial charge in [-0.2, -0.15) is 0 Å². The Morgan fingerprint density at radius 3 is 2.35 bits per heavy atom. The topological polar surface area (TPSA) is 35.5 Å². The lowest BCUT2D eigenvalue weighted by molar-refractivity contribution is 0.0669. The first-order chi connectivity index (χ1) is 8.28. The summed E-state index contributed by atoms with van der Waals surface area (Å²) in [5.74, 6) is 0. The minimum atomic E-state index is 0.0215. The van der Waals surface area contributed by atoms with Gasteiger partial charge in [0.15, 0.2) is 0 Å². The van der Waals surface area contributed by atoms with Crippen LogP contribution in [0.15, 0.2) is 0 Å². The molecule has 2 aliphatic rings. The van der Waals surface area contributed by atoms with Gasteiger partial charge in [-0.05, 0) is 45.3 Å². The first kappa shape index (κ1) is 13.3. The molecule has 0 unspecified atom stereocenters. The van der Waals surface area contributed by atoms with Gasteiger partial charge in [-0.3, -0.25) is 0 Å². The van der Waals surface area contributed by atoms with E-state index in [4.69, 9.17) is 0 Å². The zero-order valence-electron chi connectivity index (χ0n) is 11.2. The van der Waals surface area contributed by atoms with E-state index in [1.54, 1.807) is 0 Å². The van der Waals surface area contributed by atoms with E-state index < -0.39 is 0 Å². The van der Waals surface area contributed by atoms with Crippen molar-refractivity contribution in [1.82, 2.24) is 10.2 Å². The van der Waals surface area contributed by atoms with Gasteiger partial charge >= 0.3 is 0 Å². The molecule has 1 heterocycles. The Labute approximate surface area is 106 Å². The highest BCUT2D eigenvalue weighted by molar-refractivity contribution is 4.95. The third-order valence-electron chi connectivity index (χ3n) is 4.68. The van der Waals surface area contributed by atoms with Crippen molar-refractivity contribution in [3.05, 3.63) is 0 Å². The molecular formula is C14H28N2O. The van der Waals surface area contributed by atoms with Crippen molar-refractivity contribution in [2.75, 3.05) is 26.2 Å². The number of hydrogen-bond acceptors (Lipinski definition) is 3. The van der Waals surface area contributed by atoms with E-state index in [1.165, 1.54) is 32.1 Å². The molecule has 0 spiro atoms. The molecule has 3 heteroatoms. The highest BCUT2D eigenvalue weighted by atomic mass is 16.3. The van der Waals surface area contributed by atoms with Crippen molar-refractivity contribution in [3.63, 3.8) is 0 Å². The number of aliphatic hydroxyl groups is 1. The average molecular weight is 240 g/mol. The molecule has 1 saturated heterocycles. The molecule has 17 heavy (non-hydrogen) atoms. The summed E-state index contributed by atoms with van der Waals surface area (Å²) < 4.78 is 0. The molecule has 0 aromatic rings. The van der Waals surface area contributed by atoms with Gasteiger partial charge < -0.3 is 15.3 Å². The van der Waals surface area contributed by atoms with Crippen molar-refractivity contribution < 1.29 is 5.11 Å². The normalized spacial score (nSPS) is 27.2. The largest absolute Gasteiger partial charge is 0.394 e. The number of piperidine rings is 1. The molecule has 0 aromatic carbocycles. The van der Waals surface area contributed by atoms with Gasteiger partial charge in [0, 0.05) is 11.6 Å². The average Bonchev–Trinajstić information content (AvgIpc) is 2.41. The Hall–Kier alpha value is -0.120. The van der Waals surface area contributed by atoms with Gasteiger partial charge in [0.05, 0.1) is 6.61 Å². The van der Waals surface area contributed by atoms with Gasteiger partial charge in [-0.25, -0.2) is 0 Å². The molecule has 1 aliphatic carbocycles. The van der Waals surface area contributed by atoms with Gasteiger partial charge in [0.25, 0.3) is 0 Å². The highest BCUT2D eigenvalue weighted by Crippen LogP contribution is 2.26. The predicted molar refractivity (Wildman–Crippen MR) is 71.2 cm³/mol. The molecule has 1 saturated carbocycles. The summed E-state index contributed by atoms with van der Waals surface area (Å²) in [5.41, 5.74) is 0.0215. The van der Waals surface area contributed by atoms with Crippen molar-refractivity contribution in [2.24, 2.45) is 0 Å². The maximum absolute atomic E-state index is 9.75. The Bertz CT molecular complexity index is 218. The van der Waals surface area contributed by atoms with Crippen LogP contribution in [-0.4, -0.2) is 47.8 Å². The van der Waals surface area contributed by atoms with Crippen LogP contribution in [0.2, 0.25) is 0 Å². The van der Waals surface area contributed by atoms with E-state index in [2.05, 4.69) is 17.1 Å². The van der Waals surface area contributed by atoms with Crippen LogP contribution in [0.4, 0.5) is 0 Å². The number of nitrogens with zero attached hydrogens (tertiary/aromatic N) is 1. The summed E-state index contributed by atoms with van der Waals surface area (Å²) in [4.78, 5) is 2.48. The number of nitrogens with one attached hydrogen (secondary N) is 1. The van der Waals surface area contributed by atoms with Crippen LogP contribution < -0.4 is 5.32 Å². The van der Waals surface area contributed by atoms with Crippen molar-refractivity contribution in [1.29, 1.82) is 0 Å². The smallest absolute Gasteiger partial charge is 0.0614 e. The van der Waals surface area contributed by atoms with Crippen LogP contribution in [0, 0.1) is 0 Å². The monoisotopic (exact) mass is 240 g/mol. The summed E-state index contributed by atoms with van der Waals surface area (Å²) in [5, 5.41) is 13.5. The van der Waals surface area contributed by atoms with Gasteiger partial charge in [0.1, 0.15) is 0 Å². The summed E-state index contributed by atoms with van der Waals surface area (Å²) in [6, 6.07) is 0.657. The molecule has 2 fully saturated rings. The molecule has 0 radical (unpaired) electrons. The van der Waals surface area contributed by atoms with Gasteiger partial charge in [0.2, 0.25) is 0 Å². The lowest BCUT2D eigenvalue weighted by Gasteiger charge is -2.44. The third-order valence-corrected chi connectivity index (χ3v) is 4.68. The molecule has 0 amide bonds. The van der Waals surface area contributed by atoms with Gasteiger partial charge in [-0.1, -0.05) is 26.2 Å². The van der Waals surface area contributed by atoms with E-state index in [0.29, 0.717) is 12.6 Å². The van der Waals surface area contributed by atoms with Crippen LogP contribution in [0.25, 0.3) is 0 Å². The van der Waals surface area contributed by atoms with Crippen LogP contribution in [-0.2, 0) is 0 Å². The fourth-order valence-corrected chi connectivity index (χ4v) is 3.33. The van der Waals surface area contributed by atoms with Crippen LogP contribution in [0.5, 0.6) is 0 Å². The summed E-state index contributed by atoms with van der Waals surface area (Å²) in [6.45, 7) is 5.94. The summed E-state index contributed by atoms with van der Waals surface area (Å²) in [7, 11) is 0. The van der Waals surface area contributed by atoms with E-state index >= 15 is 0 Å². The second-order valence-corrected chi connectivity index (χ2v) is 5.85. The minimum Gasteiger partial charge on any atom is -0.394 e. The van der Waals surface area contributed by atoms with Crippen molar-refractivity contribution in [3.8, 4) is 0 Å². The molecular weight excluding hydrogens is 212 g/mol. The van der Waals surface area contributed by atoms with Crippen LogP contribution in [0.3, 0.4) is 0 Å². The molecule has 0 bridgehead atoms. The van der Waals surface area contributed by atoms with Gasteiger partial charge in [-0.15, -0.1) is 0 Å². The highest BCUT2D eigenvalue weighted by Gasteiger charge is 2.35. The van der Waals surface area contributed by atoms with E-state index in [1.807, 2.05) is 0 Å². The fraction of sp³-hybridized carbons (Fsp3) is 1.00. The van der Waals surface area contributed by atoms with E-state index in [9.17, 15) is 5.11 Å². The van der Waals surface area contributed by atoms with E-state index in [0.717, 1.165) is 32.5 Å². The van der Waals surface area contributed by atoms with Crippen molar-refractivity contribution in [2.45, 2.75) is 63.5 Å². The van der Waals surface area contributed by atoms with E-state index in [-0.39, 0.29) is 5.54 Å². The number of rotatable bonds is 4. The second kappa shape index (κ2) is 6.17. The fourth-order valence-electron chi connectivity index (χ4n) is 3.33. The number of likely N-dealkylation sites (tertiary alicyclic amines) is 1. The molecule has 0 aromatic heterocycles. The lowest BCUT2D eigenvalue weighted by atomic mass is 9.85. The number of aliphatic hydroxyl groups excluding tert-OH is 1. The molecule has 3 nitrogen and oxygen atoms in total. The van der Waals surface area contributed by atoms with Crippen molar-refractivity contribution >= 4 is 0 Å². The molecule has 2 rings (SSSR count). The number of hydrogen-bond donors (Lipinski definition) is 2. The lowest BCUT2D eigenvalue weighted by Crippen LogP contribution is -2.58. The SMILES string of the molecule is CCN1CCC(CO)(NC2CCCCC2)CC1. The zero-order valence-corrected chi connectivity index (χ0v) is 11.2. The quantitative estimate of drug-likeness (QED) is 0.786. The predicted octanol–water partition coefficient (Wildman–Crippen LogP) is 1.76. The zero-order chi connectivity index (χ0) is 12.1. The Kier molecular flexibility index (Phi) is 4.83. The summed E-state index contributed by atoms with van der Waals surface area (Å²) >= 11 is 0. The minimum absolute atomic E-state index is 0.0215. The Morgan fingerprint density at radius 1 is 1.18 bits per heavy atom. The third kappa shape index (κ3) is 3.43. The first-order valence-corrected chi connectivity index (χ1v) is 7.39. The Morgan fingerprint density at radius 2 is 1.82 bits per heavy atom. The molecule has 0 atom stereocenters.